The summed E-state index contributed by atoms with van der Waals surface area (Å²) in [6.45, 7) is 6.07. The van der Waals surface area contributed by atoms with Crippen molar-refractivity contribution in [1.29, 1.82) is 0 Å². The van der Waals surface area contributed by atoms with Gasteiger partial charge in [0.25, 0.3) is 0 Å². The lowest BCUT2D eigenvalue weighted by atomic mass is 10.1. The van der Waals surface area contributed by atoms with Crippen LogP contribution in [0.2, 0.25) is 0 Å². The molecule has 0 unspecified atom stereocenters. The van der Waals surface area contributed by atoms with Crippen LogP contribution in [0.25, 0.3) is 11.0 Å². The van der Waals surface area contributed by atoms with Crippen molar-refractivity contribution in [1.82, 2.24) is 0 Å². The number of carbonyl (C=O) groups excluding carboxylic acids is 1. The molecule has 0 aliphatic carbocycles. The van der Waals surface area contributed by atoms with Gasteiger partial charge in [0, 0.05) is 10.9 Å². The van der Waals surface area contributed by atoms with Crippen molar-refractivity contribution < 1.29 is 23.1 Å². The predicted octanol–water partition coefficient (Wildman–Crippen LogP) is 3.99. The molecule has 5 nitrogen and oxygen atoms in total. The zero-order valence-corrected chi connectivity index (χ0v) is 14.8. The highest BCUT2D eigenvalue weighted by molar-refractivity contribution is 5.81. The molecule has 0 N–H and O–H groups in total. The van der Waals surface area contributed by atoms with E-state index in [9.17, 15) is 14.0 Å². The summed E-state index contributed by atoms with van der Waals surface area (Å²) in [6.07, 6.45) is 2.48. The van der Waals surface area contributed by atoms with E-state index in [1.54, 1.807) is 32.0 Å². The molecule has 6 heteroatoms. The molecule has 1 aromatic carbocycles. The predicted molar refractivity (Wildman–Crippen MR) is 92.3 cm³/mol. The first-order valence-electron chi connectivity index (χ1n) is 8.42. The Morgan fingerprint density at radius 1 is 1.20 bits per heavy atom. The monoisotopic (exact) mass is 350 g/mol. The summed E-state index contributed by atoms with van der Waals surface area (Å²) in [4.78, 5) is 22.6. The van der Waals surface area contributed by atoms with Gasteiger partial charge in [-0.25, -0.2) is 4.79 Å². The highest BCUT2D eigenvalue weighted by Gasteiger charge is 2.11. The van der Waals surface area contributed by atoms with Gasteiger partial charge >= 0.3 is 11.6 Å². The average molecular weight is 350 g/mol. The fourth-order valence-corrected chi connectivity index (χ4v) is 2.31. The van der Waals surface area contributed by atoms with Crippen LogP contribution in [0.1, 0.15) is 38.7 Å². The van der Waals surface area contributed by atoms with E-state index in [-0.39, 0.29) is 17.5 Å². The minimum absolute atomic E-state index is 0.103. The molecular weight excluding hydrogens is 327 g/mol. The maximum atomic E-state index is 13.6. The van der Waals surface area contributed by atoms with E-state index in [1.807, 2.05) is 0 Å². The topological polar surface area (TPSA) is 65.7 Å². The van der Waals surface area contributed by atoms with Crippen LogP contribution in [0.15, 0.2) is 27.4 Å². The molecule has 0 aliphatic rings. The number of unbranched alkanes of at least 4 members (excludes halogenated alkanes) is 2. The van der Waals surface area contributed by atoms with Crippen LogP contribution >= 0.6 is 0 Å². The van der Waals surface area contributed by atoms with Crippen molar-refractivity contribution in [2.24, 2.45) is 5.92 Å². The van der Waals surface area contributed by atoms with Crippen LogP contribution in [0.4, 0.5) is 4.39 Å². The van der Waals surface area contributed by atoms with Gasteiger partial charge in [-0.2, -0.15) is 4.39 Å². The Bertz CT molecular complexity index is 794. The van der Waals surface area contributed by atoms with E-state index >= 15 is 0 Å². The standard InChI is InChI=1S/C19H23FO5/c1-12(2)18(21)24-10-6-4-5-9-23-14-7-8-16-15(11-14)13(3)17(20)19(22)25-16/h7-8,11-12H,4-6,9-10H2,1-3H3. The molecule has 0 saturated carbocycles. The Labute approximate surface area is 145 Å². The molecular formula is C19H23FO5. The van der Waals surface area contributed by atoms with Gasteiger partial charge in [-0.3, -0.25) is 4.79 Å². The number of hydrogen-bond acceptors (Lipinski definition) is 5. The van der Waals surface area contributed by atoms with Crippen LogP contribution in [-0.2, 0) is 9.53 Å². The third-order valence-electron chi connectivity index (χ3n) is 3.84. The molecule has 0 bridgehead atoms. The van der Waals surface area contributed by atoms with Gasteiger partial charge in [-0.15, -0.1) is 0 Å². The molecule has 1 aromatic heterocycles. The molecule has 25 heavy (non-hydrogen) atoms. The van der Waals surface area contributed by atoms with Gasteiger partial charge in [0.1, 0.15) is 11.3 Å². The minimum Gasteiger partial charge on any atom is -0.494 e. The third-order valence-corrected chi connectivity index (χ3v) is 3.84. The van der Waals surface area contributed by atoms with Crippen LogP contribution in [0.5, 0.6) is 5.75 Å². The normalized spacial score (nSPS) is 11.1. The van der Waals surface area contributed by atoms with Crippen molar-refractivity contribution in [3.05, 3.63) is 40.0 Å². The highest BCUT2D eigenvalue weighted by atomic mass is 19.1. The largest absolute Gasteiger partial charge is 0.494 e. The summed E-state index contributed by atoms with van der Waals surface area (Å²) < 4.78 is 29.3. The van der Waals surface area contributed by atoms with Crippen molar-refractivity contribution >= 4 is 16.9 Å². The third kappa shape index (κ3) is 5.05. The Morgan fingerprint density at radius 3 is 2.64 bits per heavy atom. The average Bonchev–Trinajstić information content (AvgIpc) is 2.59. The summed E-state index contributed by atoms with van der Waals surface area (Å²) in [7, 11) is 0. The van der Waals surface area contributed by atoms with Gasteiger partial charge in [0.15, 0.2) is 0 Å². The molecule has 0 saturated heterocycles. The fourth-order valence-electron chi connectivity index (χ4n) is 2.31. The van der Waals surface area contributed by atoms with Gasteiger partial charge < -0.3 is 13.9 Å². The molecule has 2 aromatic rings. The molecule has 0 spiro atoms. The number of esters is 1. The maximum absolute atomic E-state index is 13.6. The number of rotatable bonds is 8. The van der Waals surface area contributed by atoms with Crippen LogP contribution in [-0.4, -0.2) is 19.2 Å². The molecule has 1 heterocycles. The van der Waals surface area contributed by atoms with Gasteiger partial charge in [0.2, 0.25) is 5.82 Å². The van der Waals surface area contributed by atoms with E-state index in [1.165, 1.54) is 6.92 Å². The number of aryl methyl sites for hydroxylation is 1. The lowest BCUT2D eigenvalue weighted by molar-refractivity contribution is -0.147. The molecule has 2 rings (SSSR count). The summed E-state index contributed by atoms with van der Waals surface area (Å²) in [5.74, 6) is -0.564. The van der Waals surface area contributed by atoms with Crippen molar-refractivity contribution in [2.45, 2.75) is 40.0 Å². The van der Waals surface area contributed by atoms with Crippen LogP contribution in [0.3, 0.4) is 0 Å². The first-order chi connectivity index (χ1) is 11.9. The van der Waals surface area contributed by atoms with Crippen LogP contribution in [0, 0.1) is 18.7 Å². The molecule has 0 fully saturated rings. The summed E-state index contributed by atoms with van der Waals surface area (Å²) in [5, 5.41) is 0.523. The fraction of sp³-hybridized carbons (Fsp3) is 0.474. The van der Waals surface area contributed by atoms with Gasteiger partial charge in [0.05, 0.1) is 19.1 Å². The van der Waals surface area contributed by atoms with Gasteiger partial charge in [-0.1, -0.05) is 13.8 Å². The SMILES string of the molecule is Cc1c(F)c(=O)oc2ccc(OCCCCCOC(=O)C(C)C)cc12. The molecule has 136 valence electrons. The maximum Gasteiger partial charge on any atom is 0.372 e. The first kappa shape index (κ1) is 19.0. The van der Waals surface area contributed by atoms with Crippen LogP contribution < -0.4 is 10.4 Å². The molecule has 0 aliphatic heterocycles. The second-order valence-electron chi connectivity index (χ2n) is 6.22. The van der Waals surface area contributed by atoms with Crippen molar-refractivity contribution in [3.63, 3.8) is 0 Å². The van der Waals surface area contributed by atoms with Crippen molar-refractivity contribution in [3.8, 4) is 5.75 Å². The van der Waals surface area contributed by atoms with Gasteiger partial charge in [-0.05, 0) is 44.4 Å². The Kier molecular flexibility index (Phi) is 6.56. The molecule has 0 amide bonds. The molecule has 0 atom stereocenters. The Hall–Kier alpha value is -2.37. The number of benzene rings is 1. The first-order valence-corrected chi connectivity index (χ1v) is 8.42. The lowest BCUT2D eigenvalue weighted by Crippen LogP contribution is -2.12. The smallest absolute Gasteiger partial charge is 0.372 e. The van der Waals surface area contributed by atoms with E-state index in [0.717, 1.165) is 19.3 Å². The summed E-state index contributed by atoms with van der Waals surface area (Å²) in [5.41, 5.74) is -0.372. The second-order valence-corrected chi connectivity index (χ2v) is 6.22. The number of fused-ring (bicyclic) bond motifs is 1. The highest BCUT2D eigenvalue weighted by Crippen LogP contribution is 2.24. The quantitative estimate of drug-likeness (QED) is 0.409. The number of halogens is 1. The van der Waals surface area contributed by atoms with Crippen molar-refractivity contribution in [2.75, 3.05) is 13.2 Å². The van der Waals surface area contributed by atoms with E-state index in [2.05, 4.69) is 0 Å². The Balaban J connectivity index is 1.80. The number of carbonyl (C=O) groups is 1. The van der Waals surface area contributed by atoms with E-state index < -0.39 is 11.4 Å². The number of ether oxygens (including phenoxy) is 2. The zero-order chi connectivity index (χ0) is 18.4. The second kappa shape index (κ2) is 8.65. The minimum atomic E-state index is -0.961. The summed E-state index contributed by atoms with van der Waals surface area (Å²) >= 11 is 0. The molecule has 0 radical (unpaired) electrons. The van der Waals surface area contributed by atoms with E-state index in [4.69, 9.17) is 13.9 Å². The van der Waals surface area contributed by atoms with E-state index in [0.29, 0.717) is 29.9 Å². The number of hydrogen-bond donors (Lipinski definition) is 0. The lowest BCUT2D eigenvalue weighted by Gasteiger charge is -2.09. The zero-order valence-electron chi connectivity index (χ0n) is 14.8. The Morgan fingerprint density at radius 2 is 1.92 bits per heavy atom. The summed E-state index contributed by atoms with van der Waals surface area (Å²) in [6, 6.07) is 4.96.